The highest BCUT2D eigenvalue weighted by Crippen LogP contribution is 2.26. The van der Waals surface area contributed by atoms with Gasteiger partial charge in [-0.3, -0.25) is 14.0 Å². The molecule has 0 atom stereocenters. The fraction of sp³-hybridized carbons (Fsp3) is 0.185. The topological polar surface area (TPSA) is 78.5 Å². The number of carbonyl (C=O) groups is 1. The van der Waals surface area contributed by atoms with Crippen LogP contribution < -0.4 is 10.3 Å². The van der Waals surface area contributed by atoms with Crippen LogP contribution in [0.25, 0.3) is 22.4 Å². The predicted molar refractivity (Wildman–Crippen MR) is 138 cm³/mol. The predicted octanol–water partition coefficient (Wildman–Crippen LogP) is 4.94. The number of hydrogen-bond donors (Lipinski definition) is 0. The molecule has 0 saturated carbocycles. The molecule has 0 spiro atoms. The maximum Gasteiger partial charge on any atom is 0.267 e. The molecule has 0 aliphatic carbocycles. The highest BCUT2D eigenvalue weighted by atomic mass is 32.2. The van der Waals surface area contributed by atoms with Crippen LogP contribution >= 0.6 is 11.8 Å². The van der Waals surface area contributed by atoms with Gasteiger partial charge in [-0.05, 0) is 56.2 Å². The first kappa shape index (κ1) is 22.9. The third-order valence-electron chi connectivity index (χ3n) is 5.99. The quantitative estimate of drug-likeness (QED) is 0.251. The zero-order valence-electron chi connectivity index (χ0n) is 19.9. The smallest absolute Gasteiger partial charge is 0.267 e. The van der Waals surface area contributed by atoms with Crippen molar-refractivity contribution in [3.8, 4) is 11.4 Å². The first-order valence-electron chi connectivity index (χ1n) is 11.2. The number of nitrogens with zero attached hydrogens (tertiary/aromatic N) is 4. The van der Waals surface area contributed by atoms with E-state index in [9.17, 15) is 9.59 Å². The molecule has 0 unspecified atom stereocenters. The molecule has 3 aromatic carbocycles. The van der Waals surface area contributed by atoms with Crippen molar-refractivity contribution in [3.05, 3.63) is 93.3 Å². The Hall–Kier alpha value is -3.91. The van der Waals surface area contributed by atoms with E-state index in [0.29, 0.717) is 33.3 Å². The zero-order valence-corrected chi connectivity index (χ0v) is 20.7. The molecule has 0 amide bonds. The largest absolute Gasteiger partial charge is 0.497 e. The normalized spacial score (nSPS) is 11.3. The second-order valence-electron chi connectivity index (χ2n) is 8.46. The van der Waals surface area contributed by atoms with Crippen LogP contribution in [-0.4, -0.2) is 37.8 Å². The lowest BCUT2D eigenvalue weighted by Gasteiger charge is -2.12. The summed E-state index contributed by atoms with van der Waals surface area (Å²) in [7, 11) is 1.58. The van der Waals surface area contributed by atoms with E-state index < -0.39 is 0 Å². The molecule has 2 heterocycles. The summed E-state index contributed by atoms with van der Waals surface area (Å²) >= 11 is 1.31. The van der Waals surface area contributed by atoms with Crippen molar-refractivity contribution in [3.63, 3.8) is 0 Å². The van der Waals surface area contributed by atoms with E-state index in [1.165, 1.54) is 16.3 Å². The van der Waals surface area contributed by atoms with Gasteiger partial charge in [-0.2, -0.15) is 0 Å². The fourth-order valence-electron chi connectivity index (χ4n) is 4.58. The number of benzene rings is 3. The van der Waals surface area contributed by atoms with Gasteiger partial charge in [-0.25, -0.2) is 4.57 Å². The molecule has 2 aromatic heterocycles. The molecule has 0 bridgehead atoms. The van der Waals surface area contributed by atoms with E-state index >= 15 is 0 Å². The Morgan fingerprint density at radius 3 is 2.46 bits per heavy atom. The van der Waals surface area contributed by atoms with Gasteiger partial charge in [0, 0.05) is 11.6 Å². The Kier molecular flexibility index (Phi) is 5.90. The molecule has 0 saturated heterocycles. The van der Waals surface area contributed by atoms with Crippen LogP contribution in [0.5, 0.6) is 5.75 Å². The van der Waals surface area contributed by atoms with Crippen LogP contribution in [0.2, 0.25) is 0 Å². The molecule has 0 N–H and O–H groups in total. The van der Waals surface area contributed by atoms with E-state index in [0.717, 1.165) is 22.3 Å². The molecule has 0 aliphatic heterocycles. The molecule has 0 radical (unpaired) electrons. The first-order valence-corrected chi connectivity index (χ1v) is 12.1. The number of methoxy groups -OCH3 is 1. The van der Waals surface area contributed by atoms with E-state index in [1.807, 2.05) is 73.7 Å². The Morgan fingerprint density at radius 1 is 0.971 bits per heavy atom. The Balaban J connectivity index is 1.63. The van der Waals surface area contributed by atoms with Gasteiger partial charge < -0.3 is 4.74 Å². The Bertz CT molecular complexity index is 1650. The minimum atomic E-state index is -0.202. The lowest BCUT2D eigenvalue weighted by molar-refractivity contribution is 0.102. The van der Waals surface area contributed by atoms with Crippen LogP contribution in [-0.2, 0) is 0 Å². The second kappa shape index (κ2) is 9.03. The third kappa shape index (κ3) is 4.00. The van der Waals surface area contributed by atoms with Gasteiger partial charge in [0.15, 0.2) is 10.9 Å². The average molecular weight is 485 g/mol. The molecule has 176 valence electrons. The van der Waals surface area contributed by atoms with Crippen molar-refractivity contribution in [2.45, 2.75) is 25.9 Å². The second-order valence-corrected chi connectivity index (χ2v) is 9.41. The molecule has 7 nitrogen and oxygen atoms in total. The van der Waals surface area contributed by atoms with Crippen molar-refractivity contribution in [2.24, 2.45) is 0 Å². The number of ketones is 1. The van der Waals surface area contributed by atoms with Gasteiger partial charge in [0.2, 0.25) is 5.78 Å². The minimum absolute atomic E-state index is 0.0344. The number of rotatable bonds is 6. The highest BCUT2D eigenvalue weighted by Gasteiger charge is 2.20. The maximum atomic E-state index is 13.5. The number of thioether (sulfide) groups is 1. The summed E-state index contributed by atoms with van der Waals surface area (Å²) in [5.74, 6) is 1.24. The van der Waals surface area contributed by atoms with Gasteiger partial charge >= 0.3 is 0 Å². The standard InChI is InChI=1S/C27H24N4O3S/c1-16-12-17(2)24(18(3)13-16)23(32)15-35-27-29-28-26-30(19-8-7-9-20(14-19)34-4)25(33)21-10-5-6-11-22(21)31(26)27/h5-14H,15H2,1-4H3. The number of fused-ring (bicyclic) bond motifs is 3. The van der Waals surface area contributed by atoms with Gasteiger partial charge in [-0.15, -0.1) is 10.2 Å². The van der Waals surface area contributed by atoms with E-state index in [4.69, 9.17) is 4.74 Å². The van der Waals surface area contributed by atoms with Crippen LogP contribution in [0.4, 0.5) is 0 Å². The van der Waals surface area contributed by atoms with Gasteiger partial charge in [0.25, 0.3) is 5.56 Å². The number of aromatic nitrogens is 4. The molecule has 5 aromatic rings. The Morgan fingerprint density at radius 2 is 1.71 bits per heavy atom. The molecule has 8 heteroatoms. The van der Waals surface area contributed by atoms with Crippen LogP contribution in [0, 0.1) is 20.8 Å². The average Bonchev–Trinajstić information content (AvgIpc) is 3.26. The number of ether oxygens (including phenoxy) is 1. The van der Waals surface area contributed by atoms with Crippen molar-refractivity contribution in [1.29, 1.82) is 0 Å². The van der Waals surface area contributed by atoms with Crippen molar-refractivity contribution >= 4 is 34.2 Å². The van der Waals surface area contributed by atoms with Crippen LogP contribution in [0.15, 0.2) is 70.6 Å². The van der Waals surface area contributed by atoms with Crippen molar-refractivity contribution in [1.82, 2.24) is 19.2 Å². The van der Waals surface area contributed by atoms with Crippen LogP contribution in [0.3, 0.4) is 0 Å². The number of Topliss-reactive ketones (excluding diaryl/α,β-unsaturated/α-hetero) is 1. The summed E-state index contributed by atoms with van der Waals surface area (Å²) in [6.07, 6.45) is 0. The monoisotopic (exact) mass is 484 g/mol. The fourth-order valence-corrected chi connectivity index (χ4v) is 5.39. The van der Waals surface area contributed by atoms with Gasteiger partial charge in [0.05, 0.1) is 29.5 Å². The molecule has 0 aliphatic rings. The first-order chi connectivity index (χ1) is 16.9. The summed E-state index contributed by atoms with van der Waals surface area (Å²) in [6, 6.07) is 18.6. The molecular formula is C27H24N4O3S. The minimum Gasteiger partial charge on any atom is -0.497 e. The number of hydrogen-bond acceptors (Lipinski definition) is 6. The number of para-hydroxylation sites is 1. The number of aryl methyl sites for hydroxylation is 3. The van der Waals surface area contributed by atoms with E-state index in [-0.39, 0.29) is 17.1 Å². The van der Waals surface area contributed by atoms with Crippen LogP contribution in [0.1, 0.15) is 27.0 Å². The van der Waals surface area contributed by atoms with Crippen molar-refractivity contribution in [2.75, 3.05) is 12.9 Å². The summed E-state index contributed by atoms with van der Waals surface area (Å²) in [5, 5.41) is 9.81. The van der Waals surface area contributed by atoms with Crippen molar-refractivity contribution < 1.29 is 9.53 Å². The summed E-state index contributed by atoms with van der Waals surface area (Å²) in [5.41, 5.74) is 4.93. The SMILES string of the molecule is COc1cccc(-n2c(=O)c3ccccc3n3c(SCC(=O)c4c(C)cc(C)cc4C)nnc23)c1. The molecule has 0 fully saturated rings. The highest BCUT2D eigenvalue weighted by molar-refractivity contribution is 7.99. The molecular weight excluding hydrogens is 460 g/mol. The zero-order chi connectivity index (χ0) is 24.7. The molecule has 5 rings (SSSR count). The Labute approximate surface area is 206 Å². The summed E-state index contributed by atoms with van der Waals surface area (Å²) in [6.45, 7) is 5.95. The summed E-state index contributed by atoms with van der Waals surface area (Å²) < 4.78 is 8.72. The van der Waals surface area contributed by atoms with Gasteiger partial charge in [0.1, 0.15) is 5.75 Å². The maximum absolute atomic E-state index is 13.5. The number of carbonyl (C=O) groups excluding carboxylic acids is 1. The third-order valence-corrected chi connectivity index (χ3v) is 6.92. The van der Waals surface area contributed by atoms with Gasteiger partial charge in [-0.1, -0.05) is 47.7 Å². The summed E-state index contributed by atoms with van der Waals surface area (Å²) in [4.78, 5) is 26.6. The lowest BCUT2D eigenvalue weighted by Crippen LogP contribution is -2.22. The molecule has 35 heavy (non-hydrogen) atoms. The lowest BCUT2D eigenvalue weighted by atomic mass is 9.97. The van der Waals surface area contributed by atoms with E-state index in [2.05, 4.69) is 10.2 Å². The van der Waals surface area contributed by atoms with E-state index in [1.54, 1.807) is 19.2 Å².